The molecule has 3 N–H and O–H groups in total. The molecule has 1 heterocycles. The molecule has 2 unspecified atom stereocenters. The first-order valence-electron chi connectivity index (χ1n) is 7.16. The second-order valence-corrected chi connectivity index (χ2v) is 6.38. The normalized spacial score (nSPS) is 23.3. The van der Waals surface area contributed by atoms with Crippen molar-refractivity contribution in [3.63, 3.8) is 0 Å². The van der Waals surface area contributed by atoms with Crippen LogP contribution < -0.4 is 11.1 Å². The lowest BCUT2D eigenvalue weighted by molar-refractivity contribution is -0.127. The van der Waals surface area contributed by atoms with Crippen LogP contribution in [0, 0.1) is 11.8 Å². The van der Waals surface area contributed by atoms with Gasteiger partial charge in [0, 0.05) is 17.0 Å². The fourth-order valence-corrected chi connectivity index (χ4v) is 3.52. The van der Waals surface area contributed by atoms with E-state index < -0.39 is 0 Å². The summed E-state index contributed by atoms with van der Waals surface area (Å²) in [6.07, 6.45) is 7.32. The summed E-state index contributed by atoms with van der Waals surface area (Å²) in [6.45, 7) is 3.29. The van der Waals surface area contributed by atoms with E-state index in [2.05, 4.69) is 17.2 Å². The van der Waals surface area contributed by atoms with Crippen molar-refractivity contribution in [3.05, 3.63) is 16.1 Å². The van der Waals surface area contributed by atoms with Gasteiger partial charge in [-0.05, 0) is 31.7 Å². The highest BCUT2D eigenvalue weighted by atomic mass is 32.1. The van der Waals surface area contributed by atoms with E-state index >= 15 is 0 Å². The number of rotatable bonds is 5. The third-order valence-electron chi connectivity index (χ3n) is 3.91. The SMILES string of the molecule is CCc1cnc(CNC(=O)C2CCCCC2CN)s1. The largest absolute Gasteiger partial charge is 0.349 e. The van der Waals surface area contributed by atoms with Crippen LogP contribution in [0.1, 0.15) is 42.5 Å². The van der Waals surface area contributed by atoms with E-state index in [0.29, 0.717) is 19.0 Å². The Balaban J connectivity index is 1.86. The van der Waals surface area contributed by atoms with Crippen LogP contribution >= 0.6 is 11.3 Å². The van der Waals surface area contributed by atoms with Gasteiger partial charge in [-0.3, -0.25) is 4.79 Å². The minimum Gasteiger partial charge on any atom is -0.349 e. The third kappa shape index (κ3) is 3.76. The van der Waals surface area contributed by atoms with Crippen LogP contribution in [0.2, 0.25) is 0 Å². The van der Waals surface area contributed by atoms with Crippen LogP contribution in [0.4, 0.5) is 0 Å². The zero-order chi connectivity index (χ0) is 13.7. The number of thiazole rings is 1. The average Bonchev–Trinajstić information content (AvgIpc) is 2.92. The molecule has 1 fully saturated rings. The summed E-state index contributed by atoms with van der Waals surface area (Å²) in [7, 11) is 0. The number of nitrogens with one attached hydrogen (secondary N) is 1. The number of aromatic nitrogens is 1. The Kier molecular flexibility index (Phi) is 5.34. The van der Waals surface area contributed by atoms with Gasteiger partial charge >= 0.3 is 0 Å². The summed E-state index contributed by atoms with van der Waals surface area (Å²) in [6, 6.07) is 0. The lowest BCUT2D eigenvalue weighted by atomic mass is 9.79. The fraction of sp³-hybridized carbons (Fsp3) is 0.714. The van der Waals surface area contributed by atoms with Crippen LogP contribution in [0.15, 0.2) is 6.20 Å². The molecule has 106 valence electrons. The smallest absolute Gasteiger partial charge is 0.223 e. The number of hydrogen-bond acceptors (Lipinski definition) is 4. The summed E-state index contributed by atoms with van der Waals surface area (Å²) in [5, 5.41) is 4.01. The minimum absolute atomic E-state index is 0.101. The molecule has 1 aromatic rings. The van der Waals surface area contributed by atoms with Crippen molar-refractivity contribution >= 4 is 17.2 Å². The maximum atomic E-state index is 12.2. The zero-order valence-corrected chi connectivity index (χ0v) is 12.3. The quantitative estimate of drug-likeness (QED) is 0.868. The third-order valence-corrected chi connectivity index (χ3v) is 5.05. The minimum atomic E-state index is 0.101. The standard InChI is InChI=1S/C14H23N3OS/c1-2-11-8-16-13(19-11)9-17-14(18)12-6-4-3-5-10(12)7-15/h8,10,12H,2-7,9,15H2,1H3,(H,17,18). The maximum Gasteiger partial charge on any atom is 0.223 e. The van der Waals surface area contributed by atoms with Crippen molar-refractivity contribution in [2.45, 2.75) is 45.6 Å². The van der Waals surface area contributed by atoms with Crippen molar-refractivity contribution in [3.8, 4) is 0 Å². The van der Waals surface area contributed by atoms with E-state index in [0.717, 1.165) is 30.7 Å². The fourth-order valence-electron chi connectivity index (χ4n) is 2.72. The Morgan fingerprint density at radius 2 is 2.32 bits per heavy atom. The number of nitrogens with two attached hydrogens (primary N) is 1. The number of hydrogen-bond donors (Lipinski definition) is 2. The van der Waals surface area contributed by atoms with Gasteiger partial charge in [0.2, 0.25) is 5.91 Å². The first-order valence-corrected chi connectivity index (χ1v) is 7.97. The molecule has 5 heteroatoms. The van der Waals surface area contributed by atoms with Crippen molar-refractivity contribution in [2.24, 2.45) is 17.6 Å². The molecule has 0 aromatic carbocycles. The van der Waals surface area contributed by atoms with E-state index in [1.54, 1.807) is 11.3 Å². The van der Waals surface area contributed by atoms with Gasteiger partial charge < -0.3 is 11.1 Å². The van der Waals surface area contributed by atoms with Crippen LogP contribution in [0.25, 0.3) is 0 Å². The molecule has 0 spiro atoms. The molecule has 1 saturated carbocycles. The summed E-state index contributed by atoms with van der Waals surface area (Å²) >= 11 is 1.68. The van der Waals surface area contributed by atoms with E-state index in [1.807, 2.05) is 6.20 Å². The summed E-state index contributed by atoms with van der Waals surface area (Å²) in [5.74, 6) is 0.615. The molecular formula is C14H23N3OS. The second kappa shape index (κ2) is 7.01. The number of carbonyl (C=O) groups is 1. The Bertz CT molecular complexity index is 419. The highest BCUT2D eigenvalue weighted by Crippen LogP contribution is 2.29. The van der Waals surface area contributed by atoms with E-state index in [-0.39, 0.29) is 11.8 Å². The van der Waals surface area contributed by atoms with E-state index in [9.17, 15) is 4.79 Å². The first kappa shape index (κ1) is 14.5. The van der Waals surface area contributed by atoms with Gasteiger partial charge in [0.1, 0.15) is 5.01 Å². The molecule has 1 amide bonds. The molecule has 1 aromatic heterocycles. The van der Waals surface area contributed by atoms with Crippen LogP contribution in [-0.4, -0.2) is 17.4 Å². The molecule has 0 radical (unpaired) electrons. The van der Waals surface area contributed by atoms with E-state index in [4.69, 9.17) is 5.73 Å². The zero-order valence-electron chi connectivity index (χ0n) is 11.5. The molecule has 2 atom stereocenters. The number of aryl methyl sites for hydroxylation is 1. The molecule has 2 rings (SSSR count). The summed E-state index contributed by atoms with van der Waals surface area (Å²) in [5.41, 5.74) is 5.77. The Labute approximate surface area is 118 Å². The van der Waals surface area contributed by atoms with Gasteiger partial charge in [-0.25, -0.2) is 4.98 Å². The second-order valence-electron chi connectivity index (χ2n) is 5.18. The predicted octanol–water partition coefficient (Wildman–Crippen LogP) is 2.09. The summed E-state index contributed by atoms with van der Waals surface area (Å²) < 4.78 is 0. The molecule has 4 nitrogen and oxygen atoms in total. The van der Waals surface area contributed by atoms with Gasteiger partial charge in [-0.1, -0.05) is 19.8 Å². The van der Waals surface area contributed by atoms with Gasteiger partial charge in [-0.15, -0.1) is 11.3 Å². The van der Waals surface area contributed by atoms with Crippen molar-refractivity contribution in [1.82, 2.24) is 10.3 Å². The highest BCUT2D eigenvalue weighted by molar-refractivity contribution is 7.11. The number of nitrogens with zero attached hydrogens (tertiary/aromatic N) is 1. The molecule has 1 aliphatic carbocycles. The van der Waals surface area contributed by atoms with Crippen LogP contribution in [0.5, 0.6) is 0 Å². The van der Waals surface area contributed by atoms with Gasteiger partial charge in [0.25, 0.3) is 0 Å². The molecular weight excluding hydrogens is 258 g/mol. The number of amides is 1. The van der Waals surface area contributed by atoms with Crippen LogP contribution in [0.3, 0.4) is 0 Å². The molecule has 0 saturated heterocycles. The number of carbonyl (C=O) groups excluding carboxylic acids is 1. The van der Waals surface area contributed by atoms with Crippen molar-refractivity contribution < 1.29 is 4.79 Å². The topological polar surface area (TPSA) is 68.0 Å². The predicted molar refractivity (Wildman–Crippen MR) is 77.8 cm³/mol. The maximum absolute atomic E-state index is 12.2. The molecule has 19 heavy (non-hydrogen) atoms. The first-order chi connectivity index (χ1) is 9.24. The van der Waals surface area contributed by atoms with Crippen molar-refractivity contribution in [1.29, 1.82) is 0 Å². The van der Waals surface area contributed by atoms with Gasteiger partial charge in [0.05, 0.1) is 6.54 Å². The van der Waals surface area contributed by atoms with Gasteiger partial charge in [-0.2, -0.15) is 0 Å². The molecule has 0 bridgehead atoms. The lowest BCUT2D eigenvalue weighted by Gasteiger charge is -2.29. The van der Waals surface area contributed by atoms with E-state index in [1.165, 1.54) is 11.3 Å². The highest BCUT2D eigenvalue weighted by Gasteiger charge is 2.29. The Hall–Kier alpha value is -0.940. The molecule has 1 aliphatic rings. The lowest BCUT2D eigenvalue weighted by Crippen LogP contribution is -2.39. The summed E-state index contributed by atoms with van der Waals surface area (Å²) in [4.78, 5) is 17.8. The van der Waals surface area contributed by atoms with Crippen LogP contribution in [-0.2, 0) is 17.8 Å². The Morgan fingerprint density at radius 3 is 3.00 bits per heavy atom. The molecule has 0 aliphatic heterocycles. The van der Waals surface area contributed by atoms with Gasteiger partial charge in [0.15, 0.2) is 0 Å². The van der Waals surface area contributed by atoms with Crippen molar-refractivity contribution in [2.75, 3.05) is 6.54 Å². The monoisotopic (exact) mass is 281 g/mol. The average molecular weight is 281 g/mol. The Morgan fingerprint density at radius 1 is 1.53 bits per heavy atom.